The van der Waals surface area contributed by atoms with Gasteiger partial charge < -0.3 is 10.4 Å². The van der Waals surface area contributed by atoms with E-state index in [1.54, 1.807) is 0 Å². The van der Waals surface area contributed by atoms with E-state index in [2.05, 4.69) is 5.32 Å². The molecule has 0 aliphatic heterocycles. The monoisotopic (exact) mass is 235 g/mol. The number of amides is 1. The van der Waals surface area contributed by atoms with Crippen molar-refractivity contribution in [3.05, 3.63) is 35.4 Å². The Balaban J connectivity index is 2.44. The van der Waals surface area contributed by atoms with Gasteiger partial charge in [0, 0.05) is 13.0 Å². The molecule has 92 valence electrons. The van der Waals surface area contributed by atoms with Crippen LogP contribution in [0, 0.1) is 12.8 Å². The first-order valence-electron chi connectivity index (χ1n) is 5.54. The first kappa shape index (κ1) is 13.2. The van der Waals surface area contributed by atoms with Gasteiger partial charge in [0.1, 0.15) is 0 Å². The standard InChI is InChI=1S/C13H17NO3/c1-9-5-3-4-6-11(9)8-14-12(15)7-10(2)13(16)17/h3-6,10H,7-8H2,1-2H3,(H,14,15)(H,16,17). The molecule has 0 aliphatic rings. The normalized spacial score (nSPS) is 11.9. The van der Waals surface area contributed by atoms with Gasteiger partial charge in [-0.2, -0.15) is 0 Å². The van der Waals surface area contributed by atoms with Crippen LogP contribution in [0.3, 0.4) is 0 Å². The van der Waals surface area contributed by atoms with Crippen LogP contribution in [0.25, 0.3) is 0 Å². The number of hydrogen-bond donors (Lipinski definition) is 2. The minimum Gasteiger partial charge on any atom is -0.481 e. The van der Waals surface area contributed by atoms with E-state index in [-0.39, 0.29) is 12.3 Å². The maximum absolute atomic E-state index is 11.5. The molecular formula is C13H17NO3. The second-order valence-corrected chi connectivity index (χ2v) is 4.15. The van der Waals surface area contributed by atoms with Gasteiger partial charge in [0.05, 0.1) is 5.92 Å². The van der Waals surface area contributed by atoms with Crippen molar-refractivity contribution in [2.75, 3.05) is 0 Å². The molecular weight excluding hydrogens is 218 g/mol. The highest BCUT2D eigenvalue weighted by molar-refractivity contribution is 5.81. The maximum atomic E-state index is 11.5. The zero-order valence-corrected chi connectivity index (χ0v) is 10.1. The van der Waals surface area contributed by atoms with Gasteiger partial charge in [-0.25, -0.2) is 0 Å². The van der Waals surface area contributed by atoms with Gasteiger partial charge in [0.2, 0.25) is 5.91 Å². The maximum Gasteiger partial charge on any atom is 0.306 e. The van der Waals surface area contributed by atoms with Crippen molar-refractivity contribution in [3.8, 4) is 0 Å². The fraction of sp³-hybridized carbons (Fsp3) is 0.385. The van der Waals surface area contributed by atoms with Gasteiger partial charge in [-0.15, -0.1) is 0 Å². The zero-order valence-electron chi connectivity index (χ0n) is 10.1. The first-order valence-corrected chi connectivity index (χ1v) is 5.54. The van der Waals surface area contributed by atoms with Crippen LogP contribution in [-0.4, -0.2) is 17.0 Å². The highest BCUT2D eigenvalue weighted by atomic mass is 16.4. The van der Waals surface area contributed by atoms with E-state index < -0.39 is 11.9 Å². The topological polar surface area (TPSA) is 66.4 Å². The minimum absolute atomic E-state index is 0.0151. The highest BCUT2D eigenvalue weighted by Crippen LogP contribution is 2.07. The molecule has 1 aromatic rings. The summed E-state index contributed by atoms with van der Waals surface area (Å²) in [5.74, 6) is -1.83. The lowest BCUT2D eigenvalue weighted by Gasteiger charge is -2.09. The number of carbonyl (C=O) groups is 2. The molecule has 0 aromatic heterocycles. The SMILES string of the molecule is Cc1ccccc1CNC(=O)CC(C)C(=O)O. The average Bonchev–Trinajstić information content (AvgIpc) is 2.27. The van der Waals surface area contributed by atoms with Crippen LogP contribution < -0.4 is 5.32 Å². The van der Waals surface area contributed by atoms with E-state index >= 15 is 0 Å². The summed E-state index contributed by atoms with van der Waals surface area (Å²) < 4.78 is 0. The van der Waals surface area contributed by atoms with E-state index in [1.807, 2.05) is 31.2 Å². The lowest BCUT2D eigenvalue weighted by molar-refractivity contribution is -0.143. The van der Waals surface area contributed by atoms with Gasteiger partial charge in [-0.1, -0.05) is 31.2 Å². The van der Waals surface area contributed by atoms with E-state index in [0.717, 1.165) is 11.1 Å². The lowest BCUT2D eigenvalue weighted by Crippen LogP contribution is -2.27. The Morgan fingerprint density at radius 3 is 2.59 bits per heavy atom. The summed E-state index contributed by atoms with van der Waals surface area (Å²) in [6, 6.07) is 7.76. The van der Waals surface area contributed by atoms with Crippen LogP contribution in [-0.2, 0) is 16.1 Å². The summed E-state index contributed by atoms with van der Waals surface area (Å²) in [4.78, 5) is 22.1. The fourth-order valence-electron chi connectivity index (χ4n) is 1.44. The molecule has 1 atom stereocenters. The summed E-state index contributed by atoms with van der Waals surface area (Å²) in [6.07, 6.45) is 0.0151. The number of carbonyl (C=O) groups excluding carboxylic acids is 1. The Morgan fingerprint density at radius 1 is 1.35 bits per heavy atom. The summed E-state index contributed by atoms with van der Waals surface area (Å²) in [6.45, 7) is 3.94. The number of aryl methyl sites for hydroxylation is 1. The number of carboxylic acids is 1. The van der Waals surface area contributed by atoms with Crippen molar-refractivity contribution in [1.82, 2.24) is 5.32 Å². The molecule has 1 rings (SSSR count). The number of carboxylic acid groups (broad SMARTS) is 1. The summed E-state index contributed by atoms with van der Waals surface area (Å²) >= 11 is 0. The zero-order chi connectivity index (χ0) is 12.8. The molecule has 1 amide bonds. The van der Waals surface area contributed by atoms with Crippen molar-refractivity contribution < 1.29 is 14.7 Å². The predicted octanol–water partition coefficient (Wildman–Crippen LogP) is 1.72. The van der Waals surface area contributed by atoms with Crippen molar-refractivity contribution in [1.29, 1.82) is 0 Å². The molecule has 2 N–H and O–H groups in total. The quantitative estimate of drug-likeness (QED) is 0.816. The third kappa shape index (κ3) is 4.26. The molecule has 0 radical (unpaired) electrons. The largest absolute Gasteiger partial charge is 0.481 e. The molecule has 1 unspecified atom stereocenters. The summed E-state index contributed by atoms with van der Waals surface area (Å²) in [5, 5.41) is 11.4. The van der Waals surface area contributed by atoms with Gasteiger partial charge >= 0.3 is 5.97 Å². The molecule has 1 aromatic carbocycles. The molecule has 0 saturated carbocycles. The Kier molecular flexibility index (Phi) is 4.69. The second-order valence-electron chi connectivity index (χ2n) is 4.15. The van der Waals surface area contributed by atoms with Gasteiger partial charge in [-0.05, 0) is 18.1 Å². The molecule has 0 bridgehead atoms. The summed E-state index contributed by atoms with van der Waals surface area (Å²) in [5.41, 5.74) is 2.16. The third-order valence-corrected chi connectivity index (χ3v) is 2.65. The molecule has 17 heavy (non-hydrogen) atoms. The number of benzene rings is 1. The minimum atomic E-state index is -0.948. The lowest BCUT2D eigenvalue weighted by atomic mass is 10.1. The molecule has 0 saturated heterocycles. The predicted molar refractivity (Wildman–Crippen MR) is 64.4 cm³/mol. The molecule has 0 aliphatic carbocycles. The number of hydrogen-bond acceptors (Lipinski definition) is 2. The Bertz CT molecular complexity index is 415. The van der Waals surface area contributed by atoms with Crippen LogP contribution in [0.2, 0.25) is 0 Å². The highest BCUT2D eigenvalue weighted by Gasteiger charge is 2.15. The molecule has 4 heteroatoms. The van der Waals surface area contributed by atoms with E-state index in [1.165, 1.54) is 6.92 Å². The first-order chi connectivity index (χ1) is 8.00. The molecule has 0 fully saturated rings. The van der Waals surface area contributed by atoms with Crippen LogP contribution in [0.1, 0.15) is 24.5 Å². The Hall–Kier alpha value is -1.84. The Labute approximate surface area is 101 Å². The van der Waals surface area contributed by atoms with Crippen molar-refractivity contribution >= 4 is 11.9 Å². The fourth-order valence-corrected chi connectivity index (χ4v) is 1.44. The van der Waals surface area contributed by atoms with Crippen LogP contribution in [0.4, 0.5) is 0 Å². The van der Waals surface area contributed by atoms with Crippen molar-refractivity contribution in [2.45, 2.75) is 26.8 Å². The smallest absolute Gasteiger partial charge is 0.306 e. The number of nitrogens with one attached hydrogen (secondary N) is 1. The third-order valence-electron chi connectivity index (χ3n) is 2.65. The number of aliphatic carboxylic acids is 1. The van der Waals surface area contributed by atoms with Crippen LogP contribution in [0.15, 0.2) is 24.3 Å². The molecule has 4 nitrogen and oxygen atoms in total. The van der Waals surface area contributed by atoms with Crippen molar-refractivity contribution in [2.24, 2.45) is 5.92 Å². The van der Waals surface area contributed by atoms with Gasteiger partial charge in [0.25, 0.3) is 0 Å². The summed E-state index contributed by atoms with van der Waals surface area (Å²) in [7, 11) is 0. The van der Waals surface area contributed by atoms with E-state index in [0.29, 0.717) is 6.54 Å². The molecule has 0 heterocycles. The van der Waals surface area contributed by atoms with Crippen LogP contribution >= 0.6 is 0 Å². The van der Waals surface area contributed by atoms with E-state index in [9.17, 15) is 9.59 Å². The van der Waals surface area contributed by atoms with Crippen molar-refractivity contribution in [3.63, 3.8) is 0 Å². The molecule has 0 spiro atoms. The van der Waals surface area contributed by atoms with Gasteiger partial charge in [-0.3, -0.25) is 9.59 Å². The Morgan fingerprint density at radius 2 is 2.00 bits per heavy atom. The average molecular weight is 235 g/mol. The van der Waals surface area contributed by atoms with Crippen LogP contribution in [0.5, 0.6) is 0 Å². The van der Waals surface area contributed by atoms with Gasteiger partial charge in [0.15, 0.2) is 0 Å². The van der Waals surface area contributed by atoms with E-state index in [4.69, 9.17) is 5.11 Å². The number of rotatable bonds is 5. The second kappa shape index (κ2) is 6.03.